The molecule has 3 rings (SSSR count). The molecule has 0 aromatic heterocycles. The van der Waals surface area contributed by atoms with Gasteiger partial charge >= 0.3 is 5.97 Å². The molecule has 0 unspecified atom stereocenters. The molecule has 2 aromatic rings. The van der Waals surface area contributed by atoms with Crippen LogP contribution in [0.5, 0.6) is 0 Å². The highest BCUT2D eigenvalue weighted by Gasteiger charge is 2.51. The number of hydrogen-bond donors (Lipinski definition) is 0. The van der Waals surface area contributed by atoms with Crippen molar-refractivity contribution in [3.05, 3.63) is 95.6 Å². The molecule has 0 radical (unpaired) electrons. The number of carbonyl (C=O) groups is 1. The van der Waals surface area contributed by atoms with Gasteiger partial charge in [0.15, 0.2) is 6.79 Å². The molecule has 0 saturated carbocycles. The summed E-state index contributed by atoms with van der Waals surface area (Å²) in [6.07, 6.45) is 10.8. The summed E-state index contributed by atoms with van der Waals surface area (Å²) < 4.78 is 28.7. The van der Waals surface area contributed by atoms with Crippen LogP contribution in [0.1, 0.15) is 80.6 Å². The zero-order valence-corrected chi connectivity index (χ0v) is 31.3. The molecule has 47 heavy (non-hydrogen) atoms. The van der Waals surface area contributed by atoms with Crippen molar-refractivity contribution in [2.75, 3.05) is 34.4 Å². The van der Waals surface area contributed by atoms with E-state index in [1.165, 1.54) is 28.6 Å². The van der Waals surface area contributed by atoms with Crippen molar-refractivity contribution in [1.82, 2.24) is 0 Å². The van der Waals surface area contributed by atoms with E-state index in [0.717, 1.165) is 37.7 Å². The quantitative estimate of drug-likeness (QED) is 0.0561. The van der Waals surface area contributed by atoms with Gasteiger partial charge in [0.05, 0.1) is 12.7 Å². The van der Waals surface area contributed by atoms with Crippen LogP contribution in [0.4, 0.5) is 0 Å². The van der Waals surface area contributed by atoms with E-state index in [1.54, 1.807) is 13.2 Å². The van der Waals surface area contributed by atoms with Gasteiger partial charge in [-0.25, -0.2) is 4.79 Å². The van der Waals surface area contributed by atoms with Crippen LogP contribution in [0.25, 0.3) is 0 Å². The zero-order valence-electron chi connectivity index (χ0n) is 30.3. The molecule has 1 aliphatic carbocycles. The molecule has 6 nitrogen and oxygen atoms in total. The smallest absolute Gasteiger partial charge is 0.332 e. The summed E-state index contributed by atoms with van der Waals surface area (Å²) in [5, 5.41) is 2.46. The number of esters is 1. The molecule has 3 atom stereocenters. The molecule has 0 saturated heterocycles. The first kappa shape index (κ1) is 38.6. The second kappa shape index (κ2) is 18.1. The summed E-state index contributed by atoms with van der Waals surface area (Å²) in [6, 6.07) is 21.7. The van der Waals surface area contributed by atoms with Crippen LogP contribution in [0.15, 0.2) is 95.6 Å². The van der Waals surface area contributed by atoms with Crippen LogP contribution in [-0.4, -0.2) is 54.8 Å². The summed E-state index contributed by atoms with van der Waals surface area (Å²) in [5.41, 5.74) is 3.61. The highest BCUT2D eigenvalue weighted by atomic mass is 28.4. The first-order valence-corrected chi connectivity index (χ1v) is 18.8. The van der Waals surface area contributed by atoms with Gasteiger partial charge in [-0.2, -0.15) is 0 Å². The van der Waals surface area contributed by atoms with Gasteiger partial charge in [0.25, 0.3) is 8.32 Å². The fourth-order valence-electron chi connectivity index (χ4n) is 6.78. The Bertz CT molecular complexity index is 1300. The fourth-order valence-corrected chi connectivity index (χ4v) is 11.3. The third kappa shape index (κ3) is 10.3. The highest BCUT2D eigenvalue weighted by Crippen LogP contribution is 2.48. The molecule has 0 aliphatic heterocycles. The Morgan fingerprint density at radius 1 is 0.915 bits per heavy atom. The van der Waals surface area contributed by atoms with Gasteiger partial charge in [-0.1, -0.05) is 119 Å². The molecule has 7 heteroatoms. The molecule has 0 spiro atoms. The Morgan fingerprint density at radius 3 is 2.06 bits per heavy atom. The second-order valence-corrected chi connectivity index (χ2v) is 18.6. The molecule has 0 fully saturated rings. The first-order chi connectivity index (χ1) is 22.4. The number of ether oxygens (including phenoxy) is 4. The second-order valence-electron chi connectivity index (χ2n) is 14.3. The highest BCUT2D eigenvalue weighted by molar-refractivity contribution is 6.99. The lowest BCUT2D eigenvalue weighted by Crippen LogP contribution is -2.66. The minimum Gasteiger partial charge on any atom is -0.435 e. The van der Waals surface area contributed by atoms with Gasteiger partial charge in [0.2, 0.25) is 0 Å². The number of rotatable bonds is 17. The largest absolute Gasteiger partial charge is 0.435 e. The lowest BCUT2D eigenvalue weighted by molar-refractivity contribution is -0.147. The SMILES string of the molecule is COCOC(=O)/C=C(\C)CC/C=C(\C)CC[C@@]1(C)C(CO[Si](c2ccccc2)(c2ccccc2)C(C)(C)C)=C[C@@H](OCOC)C[C@H]1C. The van der Waals surface area contributed by atoms with Crippen LogP contribution < -0.4 is 10.4 Å². The van der Waals surface area contributed by atoms with Crippen LogP contribution in [0, 0.1) is 11.3 Å². The molecule has 0 heterocycles. The van der Waals surface area contributed by atoms with Crippen LogP contribution in [0.2, 0.25) is 5.04 Å². The lowest BCUT2D eigenvalue weighted by Gasteiger charge is -2.47. The predicted octanol–water partition coefficient (Wildman–Crippen LogP) is 8.12. The van der Waals surface area contributed by atoms with Crippen LogP contribution in [0.3, 0.4) is 0 Å². The lowest BCUT2D eigenvalue weighted by atomic mass is 9.64. The zero-order chi connectivity index (χ0) is 34.5. The summed E-state index contributed by atoms with van der Waals surface area (Å²) in [6.45, 7) is 16.7. The van der Waals surface area contributed by atoms with E-state index in [-0.39, 0.29) is 36.1 Å². The molecule has 0 amide bonds. The minimum atomic E-state index is -2.72. The summed E-state index contributed by atoms with van der Waals surface area (Å²) in [4.78, 5) is 11.9. The van der Waals surface area contributed by atoms with Crippen molar-refractivity contribution in [3.63, 3.8) is 0 Å². The maximum absolute atomic E-state index is 11.9. The minimum absolute atomic E-state index is 0.0160. The van der Waals surface area contributed by atoms with E-state index < -0.39 is 8.32 Å². The van der Waals surface area contributed by atoms with E-state index in [1.807, 2.05) is 6.92 Å². The van der Waals surface area contributed by atoms with Gasteiger partial charge in [0.1, 0.15) is 6.79 Å². The van der Waals surface area contributed by atoms with Crippen molar-refractivity contribution in [3.8, 4) is 0 Å². The number of carbonyl (C=O) groups excluding carboxylic acids is 1. The van der Waals surface area contributed by atoms with Crippen molar-refractivity contribution >= 4 is 24.7 Å². The summed E-state index contributed by atoms with van der Waals surface area (Å²) in [7, 11) is 0.454. The summed E-state index contributed by atoms with van der Waals surface area (Å²) >= 11 is 0. The standard InChI is InChI=1S/C40H58O6Si/c1-31(17-16-18-32(2)25-38(41)45-30-43-9)23-24-40(7)33(3)26-35(44-29-42-8)27-34(40)28-46-47(39(4,5)6,36-19-12-10-13-20-36)37-21-14-11-15-22-37/h10-15,17,19-22,25,27,33,35H,16,18,23-24,26,28-30H2,1-9H3/b31-17+,32-25+/t33-,35+,40-/m1/s1. The molecular formula is C40H58O6Si. The Labute approximate surface area is 285 Å². The Kier molecular flexibility index (Phi) is 14.9. The normalized spacial score (nSPS) is 21.0. The van der Waals surface area contributed by atoms with E-state index in [4.69, 9.17) is 23.4 Å². The third-order valence-corrected chi connectivity index (χ3v) is 14.8. The topological polar surface area (TPSA) is 63.2 Å². The Balaban J connectivity index is 1.88. The van der Waals surface area contributed by atoms with Gasteiger partial charge in [-0.15, -0.1) is 0 Å². The summed E-state index contributed by atoms with van der Waals surface area (Å²) in [5.74, 6) is 0.0276. The van der Waals surface area contributed by atoms with Gasteiger partial charge < -0.3 is 23.4 Å². The van der Waals surface area contributed by atoms with E-state index in [2.05, 4.69) is 114 Å². The number of hydrogen-bond acceptors (Lipinski definition) is 6. The molecule has 258 valence electrons. The van der Waals surface area contributed by atoms with Crippen molar-refractivity contribution in [2.24, 2.45) is 11.3 Å². The average Bonchev–Trinajstić information content (AvgIpc) is 3.04. The monoisotopic (exact) mass is 662 g/mol. The predicted molar refractivity (Wildman–Crippen MR) is 194 cm³/mol. The van der Waals surface area contributed by atoms with Crippen LogP contribution >= 0.6 is 0 Å². The maximum Gasteiger partial charge on any atom is 0.332 e. The van der Waals surface area contributed by atoms with Crippen LogP contribution in [-0.2, 0) is 28.2 Å². The molecule has 1 aliphatic rings. The molecule has 0 bridgehead atoms. The van der Waals surface area contributed by atoms with Gasteiger partial charge in [-0.3, -0.25) is 0 Å². The molecule has 2 aromatic carbocycles. The van der Waals surface area contributed by atoms with E-state index >= 15 is 0 Å². The number of benzene rings is 2. The number of allylic oxidation sites excluding steroid dienone is 3. The van der Waals surface area contributed by atoms with Gasteiger partial charge in [0, 0.05) is 20.3 Å². The van der Waals surface area contributed by atoms with Crippen molar-refractivity contribution in [1.29, 1.82) is 0 Å². The fraction of sp³-hybridized carbons (Fsp3) is 0.525. The average molecular weight is 663 g/mol. The Hall–Kier alpha value is -2.81. The van der Waals surface area contributed by atoms with Gasteiger partial charge in [-0.05, 0) is 78.3 Å². The first-order valence-electron chi connectivity index (χ1n) is 16.9. The van der Waals surface area contributed by atoms with Crippen molar-refractivity contribution < 1.29 is 28.2 Å². The number of methoxy groups -OCH3 is 2. The maximum atomic E-state index is 11.9. The molecule has 0 N–H and O–H groups in total. The van der Waals surface area contributed by atoms with E-state index in [9.17, 15) is 4.79 Å². The molecular weight excluding hydrogens is 605 g/mol. The third-order valence-electron chi connectivity index (χ3n) is 9.81. The van der Waals surface area contributed by atoms with E-state index in [0.29, 0.717) is 12.5 Å². The van der Waals surface area contributed by atoms with Crippen molar-refractivity contribution in [2.45, 2.75) is 91.7 Å². The Morgan fingerprint density at radius 2 is 1.51 bits per heavy atom.